The summed E-state index contributed by atoms with van der Waals surface area (Å²) in [6.45, 7) is 0.949. The van der Waals surface area contributed by atoms with Gasteiger partial charge >= 0.3 is 0 Å². The normalized spacial score (nSPS) is 16.0. The molecule has 2 aromatic carbocycles. The van der Waals surface area contributed by atoms with Crippen LogP contribution < -0.4 is 0 Å². The van der Waals surface area contributed by atoms with Gasteiger partial charge in [0.05, 0.1) is 18.8 Å². The molecular formula is C21H17FN4O2S. The first-order chi connectivity index (χ1) is 14.2. The number of fused-ring (bicyclic) bond motifs is 1. The second-order valence-corrected chi connectivity index (χ2v) is 7.59. The summed E-state index contributed by atoms with van der Waals surface area (Å²) in [6, 6.07) is 16.2. The van der Waals surface area contributed by atoms with E-state index in [1.54, 1.807) is 23.9 Å². The van der Waals surface area contributed by atoms with Gasteiger partial charge in [0.25, 0.3) is 5.89 Å². The molecule has 0 unspecified atom stereocenters. The minimum atomic E-state index is -0.262. The molecule has 0 radical (unpaired) electrons. The highest BCUT2D eigenvalue weighted by atomic mass is 32.2. The highest BCUT2D eigenvalue weighted by molar-refractivity contribution is 7.98. The standard InChI is InChI=1S/C21H17FN4O2S/c1-29-17-8-4-14(5-9-17)20-23-21(28-25-20)18-10-16-12-27-19(11-26(16)24-18)13-2-6-15(22)7-3-13/h2-10,19H,11-12H2,1H3/t19-/m1/s1. The van der Waals surface area contributed by atoms with Gasteiger partial charge in [0.2, 0.25) is 5.82 Å². The van der Waals surface area contributed by atoms with E-state index in [0.717, 1.165) is 16.8 Å². The van der Waals surface area contributed by atoms with E-state index in [2.05, 4.69) is 15.2 Å². The Morgan fingerprint density at radius 3 is 2.66 bits per heavy atom. The Balaban J connectivity index is 1.37. The molecule has 4 aromatic rings. The molecule has 0 fully saturated rings. The van der Waals surface area contributed by atoms with E-state index < -0.39 is 0 Å². The Morgan fingerprint density at radius 1 is 1.10 bits per heavy atom. The minimum Gasteiger partial charge on any atom is -0.365 e. The predicted octanol–water partition coefficient (Wildman–Crippen LogP) is 4.73. The molecule has 0 N–H and O–H groups in total. The second kappa shape index (κ2) is 7.46. The van der Waals surface area contributed by atoms with E-state index in [-0.39, 0.29) is 11.9 Å². The lowest BCUT2D eigenvalue weighted by Gasteiger charge is -2.24. The van der Waals surface area contributed by atoms with Crippen LogP contribution in [-0.2, 0) is 17.9 Å². The summed E-state index contributed by atoms with van der Waals surface area (Å²) < 4.78 is 26.4. The van der Waals surface area contributed by atoms with Gasteiger partial charge in [-0.3, -0.25) is 4.68 Å². The summed E-state index contributed by atoms with van der Waals surface area (Å²) in [5, 5.41) is 8.70. The van der Waals surface area contributed by atoms with Crippen LogP contribution in [0.5, 0.6) is 0 Å². The number of rotatable bonds is 4. The first-order valence-corrected chi connectivity index (χ1v) is 10.3. The average molecular weight is 408 g/mol. The summed E-state index contributed by atoms with van der Waals surface area (Å²) in [5.41, 5.74) is 3.36. The van der Waals surface area contributed by atoms with Gasteiger partial charge in [0, 0.05) is 10.5 Å². The summed E-state index contributed by atoms with van der Waals surface area (Å²) in [5.74, 6) is 0.634. The van der Waals surface area contributed by atoms with E-state index in [1.165, 1.54) is 17.0 Å². The Hall–Kier alpha value is -2.97. The molecule has 0 spiro atoms. The van der Waals surface area contributed by atoms with Gasteiger partial charge in [-0.1, -0.05) is 17.3 Å². The van der Waals surface area contributed by atoms with Gasteiger partial charge in [-0.05, 0) is 54.3 Å². The lowest BCUT2D eigenvalue weighted by atomic mass is 10.1. The predicted molar refractivity (Wildman–Crippen MR) is 107 cm³/mol. The maximum absolute atomic E-state index is 13.2. The zero-order valence-corrected chi connectivity index (χ0v) is 16.4. The van der Waals surface area contributed by atoms with Crippen LogP contribution in [0.25, 0.3) is 23.0 Å². The minimum absolute atomic E-state index is 0.177. The molecule has 0 bridgehead atoms. The Kier molecular flexibility index (Phi) is 4.65. The maximum Gasteiger partial charge on any atom is 0.278 e. The zero-order chi connectivity index (χ0) is 19.8. The molecule has 6 nitrogen and oxygen atoms in total. The van der Waals surface area contributed by atoms with Gasteiger partial charge in [0.15, 0.2) is 5.69 Å². The molecule has 2 aromatic heterocycles. The molecule has 0 saturated heterocycles. The number of ether oxygens (including phenoxy) is 1. The molecule has 0 aliphatic carbocycles. The van der Waals surface area contributed by atoms with Gasteiger partial charge < -0.3 is 9.26 Å². The van der Waals surface area contributed by atoms with E-state index >= 15 is 0 Å². The lowest BCUT2D eigenvalue weighted by molar-refractivity contribution is -0.00116. The van der Waals surface area contributed by atoms with Crippen LogP contribution in [0.1, 0.15) is 17.4 Å². The van der Waals surface area contributed by atoms with Crippen molar-refractivity contribution in [1.29, 1.82) is 0 Å². The Labute approximate surface area is 170 Å². The molecule has 3 heterocycles. The van der Waals surface area contributed by atoms with Gasteiger partial charge in [0.1, 0.15) is 11.9 Å². The van der Waals surface area contributed by atoms with Crippen molar-refractivity contribution in [3.8, 4) is 23.0 Å². The number of hydrogen-bond donors (Lipinski definition) is 0. The van der Waals surface area contributed by atoms with Gasteiger partial charge in [-0.25, -0.2) is 4.39 Å². The smallest absolute Gasteiger partial charge is 0.278 e. The quantitative estimate of drug-likeness (QED) is 0.455. The van der Waals surface area contributed by atoms with Crippen LogP contribution >= 0.6 is 11.8 Å². The second-order valence-electron chi connectivity index (χ2n) is 6.71. The molecule has 1 aliphatic heterocycles. The van der Waals surface area contributed by atoms with Crippen LogP contribution in [0.2, 0.25) is 0 Å². The number of nitrogens with zero attached hydrogens (tertiary/aromatic N) is 4. The third-order valence-electron chi connectivity index (χ3n) is 4.87. The van der Waals surface area contributed by atoms with Crippen molar-refractivity contribution in [2.45, 2.75) is 24.2 Å². The molecule has 146 valence electrons. The number of thioether (sulfide) groups is 1. The monoisotopic (exact) mass is 408 g/mol. The fourth-order valence-corrected chi connectivity index (χ4v) is 3.70. The summed E-state index contributed by atoms with van der Waals surface area (Å²) in [6.07, 6.45) is 1.86. The Bertz CT molecular complexity index is 1140. The van der Waals surface area contributed by atoms with Crippen LogP contribution in [0.3, 0.4) is 0 Å². The van der Waals surface area contributed by atoms with Crippen LogP contribution in [-0.4, -0.2) is 26.2 Å². The topological polar surface area (TPSA) is 66.0 Å². The summed E-state index contributed by atoms with van der Waals surface area (Å²) in [7, 11) is 0. The third kappa shape index (κ3) is 3.56. The van der Waals surface area contributed by atoms with Crippen molar-refractivity contribution >= 4 is 11.8 Å². The Morgan fingerprint density at radius 2 is 1.90 bits per heavy atom. The van der Waals surface area contributed by atoms with Crippen molar-refractivity contribution in [3.05, 3.63) is 71.7 Å². The lowest BCUT2D eigenvalue weighted by Crippen LogP contribution is -2.21. The molecule has 29 heavy (non-hydrogen) atoms. The maximum atomic E-state index is 13.2. The van der Waals surface area contributed by atoms with Gasteiger partial charge in [-0.2, -0.15) is 10.1 Å². The van der Waals surface area contributed by atoms with Crippen molar-refractivity contribution < 1.29 is 13.7 Å². The average Bonchev–Trinajstić information content (AvgIpc) is 3.41. The highest BCUT2D eigenvalue weighted by Crippen LogP contribution is 2.29. The summed E-state index contributed by atoms with van der Waals surface area (Å²) in [4.78, 5) is 5.67. The van der Waals surface area contributed by atoms with Crippen molar-refractivity contribution in [2.75, 3.05) is 6.26 Å². The number of halogens is 1. The highest BCUT2D eigenvalue weighted by Gasteiger charge is 2.24. The molecule has 1 atom stereocenters. The van der Waals surface area contributed by atoms with E-state index in [1.807, 2.05) is 41.3 Å². The molecule has 1 aliphatic rings. The van der Waals surface area contributed by atoms with Crippen molar-refractivity contribution in [1.82, 2.24) is 19.9 Å². The van der Waals surface area contributed by atoms with E-state index in [9.17, 15) is 4.39 Å². The third-order valence-corrected chi connectivity index (χ3v) is 5.61. The molecule has 0 amide bonds. The fraction of sp³-hybridized carbons (Fsp3) is 0.190. The molecular weight excluding hydrogens is 391 g/mol. The number of hydrogen-bond acceptors (Lipinski definition) is 6. The SMILES string of the molecule is CSc1ccc(-c2noc(-c3cc4n(n3)C[C@H](c3ccc(F)cc3)OC4)n2)cc1. The zero-order valence-electron chi connectivity index (χ0n) is 15.6. The van der Waals surface area contributed by atoms with Crippen molar-refractivity contribution in [3.63, 3.8) is 0 Å². The number of aromatic nitrogens is 4. The van der Waals surface area contributed by atoms with Crippen LogP contribution in [0.4, 0.5) is 4.39 Å². The molecule has 5 rings (SSSR count). The van der Waals surface area contributed by atoms with E-state index in [4.69, 9.17) is 9.26 Å². The van der Waals surface area contributed by atoms with Crippen molar-refractivity contribution in [2.24, 2.45) is 0 Å². The summed E-state index contributed by atoms with van der Waals surface area (Å²) >= 11 is 1.68. The fourth-order valence-electron chi connectivity index (χ4n) is 3.29. The molecule has 8 heteroatoms. The van der Waals surface area contributed by atoms with Gasteiger partial charge in [-0.15, -0.1) is 11.8 Å². The largest absolute Gasteiger partial charge is 0.365 e. The van der Waals surface area contributed by atoms with E-state index in [0.29, 0.717) is 30.6 Å². The molecule has 0 saturated carbocycles. The van der Waals surface area contributed by atoms with Crippen LogP contribution in [0, 0.1) is 5.82 Å². The number of benzene rings is 2. The van der Waals surface area contributed by atoms with Crippen LogP contribution in [0.15, 0.2) is 64.0 Å². The first-order valence-electron chi connectivity index (χ1n) is 9.12. The first kappa shape index (κ1) is 18.1.